The molecule has 1 amide bonds. The first-order valence-electron chi connectivity index (χ1n) is 11.7. The first kappa shape index (κ1) is 24.4. The van der Waals surface area contributed by atoms with Gasteiger partial charge in [0.25, 0.3) is 5.91 Å². The van der Waals surface area contributed by atoms with Gasteiger partial charge in [0.2, 0.25) is 10.0 Å². The molecule has 190 valence electrons. The fraction of sp³-hybridized carbons (Fsp3) is 0.360. The molecule has 1 atom stereocenters. The number of ether oxygens (including phenoxy) is 2. The topological polar surface area (TPSA) is 130 Å². The number of piperidine rings is 1. The summed E-state index contributed by atoms with van der Waals surface area (Å²) in [6, 6.07) is 11.7. The minimum atomic E-state index is -3.77. The Hall–Kier alpha value is -3.25. The number of hydrogen-bond acceptors (Lipinski definition) is 8. The van der Waals surface area contributed by atoms with E-state index in [-0.39, 0.29) is 23.5 Å². The molecule has 5 rings (SSSR count). The second-order valence-corrected chi connectivity index (χ2v) is 10.7. The predicted molar refractivity (Wildman–Crippen MR) is 134 cm³/mol. The number of anilines is 1. The molecular formula is C25H28N4O6S. The van der Waals surface area contributed by atoms with Crippen molar-refractivity contribution in [1.29, 1.82) is 0 Å². The van der Waals surface area contributed by atoms with Crippen molar-refractivity contribution in [3.63, 3.8) is 0 Å². The molecule has 3 aromatic rings. The van der Waals surface area contributed by atoms with Gasteiger partial charge in [-0.1, -0.05) is 12.1 Å². The fourth-order valence-corrected chi connectivity index (χ4v) is 5.98. The molecule has 1 unspecified atom stereocenters. The third-order valence-electron chi connectivity index (χ3n) is 6.56. The van der Waals surface area contributed by atoms with Crippen molar-refractivity contribution < 1.29 is 27.8 Å². The predicted octanol–water partition coefficient (Wildman–Crippen LogP) is 2.05. The summed E-state index contributed by atoms with van der Waals surface area (Å²) in [7, 11) is -2.19. The van der Waals surface area contributed by atoms with E-state index in [1.165, 1.54) is 12.1 Å². The molecule has 0 aliphatic carbocycles. The van der Waals surface area contributed by atoms with Crippen molar-refractivity contribution >= 4 is 32.5 Å². The lowest BCUT2D eigenvalue weighted by molar-refractivity contribution is -0.118. The summed E-state index contributed by atoms with van der Waals surface area (Å²) in [5.41, 5.74) is 1.91. The Morgan fingerprint density at radius 2 is 2.06 bits per heavy atom. The third-order valence-corrected chi connectivity index (χ3v) is 8.08. The lowest BCUT2D eigenvalue weighted by atomic mass is 10.0. The molecule has 3 N–H and O–H groups in total. The summed E-state index contributed by atoms with van der Waals surface area (Å²) >= 11 is 0. The number of aliphatic hydroxyl groups excluding tert-OH is 1. The van der Waals surface area contributed by atoms with Gasteiger partial charge in [-0.3, -0.25) is 9.78 Å². The molecule has 2 aliphatic heterocycles. The zero-order valence-corrected chi connectivity index (χ0v) is 20.6. The number of methoxy groups -OCH3 is 1. The Morgan fingerprint density at radius 3 is 2.83 bits per heavy atom. The van der Waals surface area contributed by atoms with E-state index >= 15 is 0 Å². The number of nitrogens with one attached hydrogen (secondary N) is 2. The van der Waals surface area contributed by atoms with E-state index in [2.05, 4.69) is 19.9 Å². The highest BCUT2D eigenvalue weighted by Gasteiger charge is 2.27. The number of sulfonamides is 1. The smallest absolute Gasteiger partial charge is 0.262 e. The van der Waals surface area contributed by atoms with Crippen molar-refractivity contribution in [1.82, 2.24) is 14.6 Å². The summed E-state index contributed by atoms with van der Waals surface area (Å²) in [6.45, 7) is 1.63. The van der Waals surface area contributed by atoms with Crippen LogP contribution in [0.3, 0.4) is 0 Å². The van der Waals surface area contributed by atoms with E-state index in [4.69, 9.17) is 9.47 Å². The van der Waals surface area contributed by atoms with Crippen LogP contribution in [0.2, 0.25) is 0 Å². The number of nitrogens with zero attached hydrogens (tertiary/aromatic N) is 2. The minimum Gasteiger partial charge on any atom is -0.495 e. The second kappa shape index (κ2) is 10.0. The highest BCUT2D eigenvalue weighted by atomic mass is 32.2. The van der Waals surface area contributed by atoms with Crippen LogP contribution in [0, 0.1) is 0 Å². The molecule has 11 heteroatoms. The Bertz CT molecular complexity index is 1390. The van der Waals surface area contributed by atoms with Gasteiger partial charge >= 0.3 is 0 Å². The second-order valence-electron chi connectivity index (χ2n) is 9.00. The number of fused-ring (bicyclic) bond motifs is 2. The number of amides is 1. The van der Waals surface area contributed by atoms with Crippen molar-refractivity contribution in [2.24, 2.45) is 0 Å². The number of rotatable bonds is 7. The van der Waals surface area contributed by atoms with Crippen LogP contribution in [-0.4, -0.2) is 68.7 Å². The Labute approximate surface area is 209 Å². The van der Waals surface area contributed by atoms with Crippen LogP contribution < -0.4 is 19.5 Å². The lowest BCUT2D eigenvalue weighted by Gasteiger charge is -2.33. The summed E-state index contributed by atoms with van der Waals surface area (Å²) in [6.07, 6.45) is 2.16. The molecule has 10 nitrogen and oxygen atoms in total. The molecule has 2 aliphatic rings. The number of aromatic nitrogens is 1. The van der Waals surface area contributed by atoms with Crippen molar-refractivity contribution in [2.75, 3.05) is 38.7 Å². The van der Waals surface area contributed by atoms with Crippen LogP contribution >= 0.6 is 0 Å². The molecule has 2 aromatic carbocycles. The molecule has 0 spiro atoms. The first-order chi connectivity index (χ1) is 17.3. The van der Waals surface area contributed by atoms with Crippen LogP contribution in [-0.2, 0) is 14.8 Å². The number of hydrogen-bond donors (Lipinski definition) is 3. The maximum atomic E-state index is 13.0. The Balaban J connectivity index is 1.20. The fourth-order valence-electron chi connectivity index (χ4n) is 4.65. The van der Waals surface area contributed by atoms with E-state index in [1.807, 2.05) is 24.3 Å². The van der Waals surface area contributed by atoms with E-state index < -0.39 is 16.1 Å². The van der Waals surface area contributed by atoms with Crippen molar-refractivity contribution in [3.05, 3.63) is 54.2 Å². The molecule has 0 bridgehead atoms. The summed E-state index contributed by atoms with van der Waals surface area (Å²) < 4.78 is 39.3. The SMILES string of the molecule is COc1cnc2cccc(C(O)CN3CCC(NS(=O)(=O)c4ccc5c(c4)NC(=O)CO5)CC3)c2c1. The summed E-state index contributed by atoms with van der Waals surface area (Å²) in [4.78, 5) is 18.2. The van der Waals surface area contributed by atoms with E-state index in [0.29, 0.717) is 49.7 Å². The maximum absolute atomic E-state index is 13.0. The average molecular weight is 513 g/mol. The van der Waals surface area contributed by atoms with Crippen LogP contribution in [0.5, 0.6) is 11.5 Å². The van der Waals surface area contributed by atoms with Crippen molar-refractivity contribution in [2.45, 2.75) is 29.9 Å². The van der Waals surface area contributed by atoms with Crippen LogP contribution in [0.25, 0.3) is 10.9 Å². The minimum absolute atomic E-state index is 0.0740. The van der Waals surface area contributed by atoms with Gasteiger partial charge in [0.15, 0.2) is 6.61 Å². The van der Waals surface area contributed by atoms with Gasteiger partial charge in [-0.2, -0.15) is 0 Å². The van der Waals surface area contributed by atoms with Gasteiger partial charge < -0.3 is 24.8 Å². The van der Waals surface area contributed by atoms with Gasteiger partial charge in [-0.15, -0.1) is 0 Å². The first-order valence-corrected chi connectivity index (χ1v) is 13.2. The van der Waals surface area contributed by atoms with E-state index in [9.17, 15) is 18.3 Å². The Kier molecular flexibility index (Phi) is 6.80. The largest absolute Gasteiger partial charge is 0.495 e. The number of aliphatic hydroxyl groups is 1. The molecule has 1 saturated heterocycles. The third kappa shape index (κ3) is 5.14. The highest BCUT2D eigenvalue weighted by Crippen LogP contribution is 2.31. The van der Waals surface area contributed by atoms with Crippen LogP contribution in [0.1, 0.15) is 24.5 Å². The molecule has 0 saturated carbocycles. The number of carbonyl (C=O) groups excluding carboxylic acids is 1. The standard InChI is InChI=1S/C25H28N4O6S/c1-34-17-11-20-19(3-2-4-21(20)26-13-17)23(30)14-29-9-7-16(8-10-29)28-36(32,33)18-5-6-24-22(12-18)27-25(31)15-35-24/h2-6,11-13,16,23,28,30H,7-10,14-15H2,1H3,(H,27,31). The van der Waals surface area contributed by atoms with E-state index in [1.54, 1.807) is 19.4 Å². The van der Waals surface area contributed by atoms with Gasteiger partial charge in [-0.05, 0) is 61.8 Å². The molecule has 1 aromatic heterocycles. The number of pyridine rings is 1. The van der Waals surface area contributed by atoms with Crippen LogP contribution in [0.15, 0.2) is 53.6 Å². The number of likely N-dealkylation sites (tertiary alicyclic amines) is 1. The van der Waals surface area contributed by atoms with Crippen molar-refractivity contribution in [3.8, 4) is 11.5 Å². The molecular weight excluding hydrogens is 484 g/mol. The number of β-amino-alcohol motifs (C(OH)–C–C–N with tert-alkyl or cyclic N) is 1. The highest BCUT2D eigenvalue weighted by molar-refractivity contribution is 7.89. The van der Waals surface area contributed by atoms with E-state index in [0.717, 1.165) is 16.5 Å². The summed E-state index contributed by atoms with van der Waals surface area (Å²) in [5, 5.41) is 14.5. The molecule has 3 heterocycles. The normalized spacial score (nSPS) is 17.8. The zero-order valence-electron chi connectivity index (χ0n) is 19.8. The average Bonchev–Trinajstić information content (AvgIpc) is 2.88. The number of carbonyl (C=O) groups is 1. The summed E-state index contributed by atoms with van der Waals surface area (Å²) in [5.74, 6) is 0.753. The van der Waals surface area contributed by atoms with Gasteiger partial charge in [0, 0.05) is 18.0 Å². The zero-order chi connectivity index (χ0) is 25.3. The Morgan fingerprint density at radius 1 is 1.25 bits per heavy atom. The maximum Gasteiger partial charge on any atom is 0.262 e. The lowest BCUT2D eigenvalue weighted by Crippen LogP contribution is -2.45. The molecule has 1 fully saturated rings. The quantitative estimate of drug-likeness (QED) is 0.439. The van der Waals surface area contributed by atoms with Gasteiger partial charge in [0.1, 0.15) is 11.5 Å². The molecule has 36 heavy (non-hydrogen) atoms. The molecule has 0 radical (unpaired) electrons. The van der Waals surface area contributed by atoms with Gasteiger partial charge in [-0.25, -0.2) is 13.1 Å². The monoisotopic (exact) mass is 512 g/mol. The van der Waals surface area contributed by atoms with Crippen LogP contribution in [0.4, 0.5) is 5.69 Å². The number of benzene rings is 2. The van der Waals surface area contributed by atoms with Gasteiger partial charge in [0.05, 0.1) is 35.5 Å².